The van der Waals surface area contributed by atoms with Gasteiger partial charge in [0, 0.05) is 32.0 Å². The third kappa shape index (κ3) is 4.29. The monoisotopic (exact) mass is 221 g/mol. The van der Waals surface area contributed by atoms with E-state index in [1.807, 2.05) is 12.4 Å². The molecule has 0 saturated heterocycles. The molecule has 1 rings (SSSR count). The molecule has 0 atom stereocenters. The first-order chi connectivity index (χ1) is 7.77. The van der Waals surface area contributed by atoms with Crippen LogP contribution < -0.4 is 5.32 Å². The zero-order chi connectivity index (χ0) is 11.8. The molecule has 0 spiro atoms. The van der Waals surface area contributed by atoms with Crippen LogP contribution in [-0.4, -0.2) is 36.1 Å². The van der Waals surface area contributed by atoms with Gasteiger partial charge in [-0.2, -0.15) is 0 Å². The minimum atomic E-state index is 0.918. The van der Waals surface area contributed by atoms with Crippen LogP contribution in [0.3, 0.4) is 0 Å². The molecule has 0 radical (unpaired) electrons. The molecule has 1 aromatic rings. The molecule has 90 valence electrons. The van der Waals surface area contributed by atoms with Crippen molar-refractivity contribution in [3.8, 4) is 0 Å². The van der Waals surface area contributed by atoms with E-state index in [1.165, 1.54) is 11.1 Å². The summed E-state index contributed by atoms with van der Waals surface area (Å²) < 4.78 is 0. The molecule has 0 bridgehead atoms. The molecule has 1 N–H and O–H groups in total. The number of hydrogen-bond acceptors (Lipinski definition) is 3. The highest BCUT2D eigenvalue weighted by atomic mass is 15.1. The predicted octanol–water partition coefficient (Wildman–Crippen LogP) is 1.82. The lowest BCUT2D eigenvalue weighted by atomic mass is 10.1. The molecular weight excluding hydrogens is 198 g/mol. The van der Waals surface area contributed by atoms with Crippen LogP contribution in [0.5, 0.6) is 0 Å². The molecule has 0 aliphatic rings. The van der Waals surface area contributed by atoms with E-state index < -0.39 is 0 Å². The number of aromatic nitrogens is 1. The van der Waals surface area contributed by atoms with Crippen molar-refractivity contribution in [2.45, 2.75) is 27.3 Å². The summed E-state index contributed by atoms with van der Waals surface area (Å²) in [5.74, 6) is 0. The van der Waals surface area contributed by atoms with Crippen LogP contribution in [0.15, 0.2) is 18.5 Å². The maximum atomic E-state index is 4.14. The Kier molecular flexibility index (Phi) is 6.04. The van der Waals surface area contributed by atoms with E-state index in [-0.39, 0.29) is 0 Å². The van der Waals surface area contributed by atoms with E-state index in [9.17, 15) is 0 Å². The quantitative estimate of drug-likeness (QED) is 0.712. The van der Waals surface area contributed by atoms with Gasteiger partial charge in [0.05, 0.1) is 0 Å². The molecular formula is C13H23N3. The highest BCUT2D eigenvalue weighted by Crippen LogP contribution is 2.03. The Morgan fingerprint density at radius 1 is 1.31 bits per heavy atom. The van der Waals surface area contributed by atoms with Crippen molar-refractivity contribution < 1.29 is 0 Å². The molecule has 1 heterocycles. The fourth-order valence-electron chi connectivity index (χ4n) is 1.68. The smallest absolute Gasteiger partial charge is 0.0315 e. The number of aryl methyl sites for hydroxylation is 1. The van der Waals surface area contributed by atoms with Gasteiger partial charge in [0.1, 0.15) is 0 Å². The van der Waals surface area contributed by atoms with Crippen molar-refractivity contribution in [1.82, 2.24) is 15.2 Å². The van der Waals surface area contributed by atoms with E-state index in [2.05, 4.69) is 42.0 Å². The van der Waals surface area contributed by atoms with Crippen molar-refractivity contribution in [1.29, 1.82) is 0 Å². The SMILES string of the molecule is CCN(CC)CCNCc1cnccc1C. The Morgan fingerprint density at radius 3 is 2.69 bits per heavy atom. The third-order valence-electron chi connectivity index (χ3n) is 2.96. The van der Waals surface area contributed by atoms with E-state index >= 15 is 0 Å². The van der Waals surface area contributed by atoms with Gasteiger partial charge in [-0.15, -0.1) is 0 Å². The summed E-state index contributed by atoms with van der Waals surface area (Å²) in [7, 11) is 0. The van der Waals surface area contributed by atoms with Crippen molar-refractivity contribution in [3.63, 3.8) is 0 Å². The highest BCUT2D eigenvalue weighted by molar-refractivity contribution is 5.20. The lowest BCUT2D eigenvalue weighted by Gasteiger charge is -2.18. The first-order valence-electron chi connectivity index (χ1n) is 6.10. The van der Waals surface area contributed by atoms with Gasteiger partial charge in [0.15, 0.2) is 0 Å². The van der Waals surface area contributed by atoms with Gasteiger partial charge in [-0.1, -0.05) is 13.8 Å². The van der Waals surface area contributed by atoms with Gasteiger partial charge in [0.2, 0.25) is 0 Å². The number of likely N-dealkylation sites (N-methyl/N-ethyl adjacent to an activating group) is 1. The van der Waals surface area contributed by atoms with Crippen molar-refractivity contribution in [2.75, 3.05) is 26.2 Å². The van der Waals surface area contributed by atoms with Crippen LogP contribution >= 0.6 is 0 Å². The van der Waals surface area contributed by atoms with Crippen LogP contribution in [0.1, 0.15) is 25.0 Å². The second kappa shape index (κ2) is 7.36. The maximum Gasteiger partial charge on any atom is 0.0315 e. The van der Waals surface area contributed by atoms with Gasteiger partial charge >= 0.3 is 0 Å². The van der Waals surface area contributed by atoms with Crippen LogP contribution in [0.4, 0.5) is 0 Å². The minimum absolute atomic E-state index is 0.918. The van der Waals surface area contributed by atoms with Crippen molar-refractivity contribution in [3.05, 3.63) is 29.6 Å². The average Bonchev–Trinajstić information content (AvgIpc) is 2.31. The molecule has 0 aliphatic carbocycles. The zero-order valence-corrected chi connectivity index (χ0v) is 10.7. The van der Waals surface area contributed by atoms with E-state index in [0.717, 1.165) is 32.7 Å². The molecule has 0 aliphatic heterocycles. The number of pyridine rings is 1. The first-order valence-corrected chi connectivity index (χ1v) is 6.10. The molecule has 0 fully saturated rings. The number of nitrogens with one attached hydrogen (secondary N) is 1. The first kappa shape index (κ1) is 13.1. The Bertz CT molecular complexity index is 295. The standard InChI is InChI=1S/C13H23N3/c1-4-16(5-2)9-8-15-11-13-10-14-7-6-12(13)3/h6-7,10,15H,4-5,8-9,11H2,1-3H3. The van der Waals surface area contributed by atoms with Crippen molar-refractivity contribution in [2.24, 2.45) is 0 Å². The van der Waals surface area contributed by atoms with E-state index in [0.29, 0.717) is 0 Å². The number of hydrogen-bond donors (Lipinski definition) is 1. The average molecular weight is 221 g/mol. The summed E-state index contributed by atoms with van der Waals surface area (Å²) in [4.78, 5) is 6.56. The molecule has 16 heavy (non-hydrogen) atoms. The third-order valence-corrected chi connectivity index (χ3v) is 2.96. The molecule has 0 saturated carbocycles. The Labute approximate surface area is 98.9 Å². The lowest BCUT2D eigenvalue weighted by Crippen LogP contribution is -2.31. The Morgan fingerprint density at radius 2 is 2.06 bits per heavy atom. The van der Waals surface area contributed by atoms with Gasteiger partial charge in [-0.25, -0.2) is 0 Å². The van der Waals surface area contributed by atoms with Crippen LogP contribution in [0.25, 0.3) is 0 Å². The van der Waals surface area contributed by atoms with Crippen LogP contribution in [0.2, 0.25) is 0 Å². The minimum Gasteiger partial charge on any atom is -0.311 e. The highest BCUT2D eigenvalue weighted by Gasteiger charge is 1.99. The topological polar surface area (TPSA) is 28.2 Å². The maximum absolute atomic E-state index is 4.14. The van der Waals surface area contributed by atoms with E-state index in [1.54, 1.807) is 0 Å². The molecule has 3 nitrogen and oxygen atoms in total. The number of nitrogens with zero attached hydrogens (tertiary/aromatic N) is 2. The summed E-state index contributed by atoms with van der Waals surface area (Å²) in [6.45, 7) is 11.9. The normalized spacial score (nSPS) is 11.0. The lowest BCUT2D eigenvalue weighted by molar-refractivity contribution is 0.302. The van der Waals surface area contributed by atoms with Crippen LogP contribution in [0, 0.1) is 6.92 Å². The molecule has 0 unspecified atom stereocenters. The largest absolute Gasteiger partial charge is 0.311 e. The second-order valence-electron chi connectivity index (χ2n) is 4.01. The summed E-state index contributed by atoms with van der Waals surface area (Å²) in [5.41, 5.74) is 2.60. The predicted molar refractivity (Wildman–Crippen MR) is 68.5 cm³/mol. The zero-order valence-electron chi connectivity index (χ0n) is 10.7. The summed E-state index contributed by atoms with van der Waals surface area (Å²) >= 11 is 0. The van der Waals surface area contributed by atoms with Gasteiger partial charge in [-0.3, -0.25) is 4.98 Å². The molecule has 3 heteroatoms. The summed E-state index contributed by atoms with van der Waals surface area (Å²) in [6, 6.07) is 2.06. The summed E-state index contributed by atoms with van der Waals surface area (Å²) in [6.07, 6.45) is 3.79. The fraction of sp³-hybridized carbons (Fsp3) is 0.615. The fourth-order valence-corrected chi connectivity index (χ4v) is 1.68. The molecule has 0 amide bonds. The van der Waals surface area contributed by atoms with Crippen LogP contribution in [-0.2, 0) is 6.54 Å². The van der Waals surface area contributed by atoms with Gasteiger partial charge in [0.25, 0.3) is 0 Å². The van der Waals surface area contributed by atoms with Gasteiger partial charge < -0.3 is 10.2 Å². The molecule has 0 aromatic carbocycles. The second-order valence-corrected chi connectivity index (χ2v) is 4.01. The van der Waals surface area contributed by atoms with E-state index in [4.69, 9.17) is 0 Å². The Balaban J connectivity index is 2.23. The molecule has 1 aromatic heterocycles. The summed E-state index contributed by atoms with van der Waals surface area (Å²) in [5, 5.41) is 3.46. The van der Waals surface area contributed by atoms with Crippen molar-refractivity contribution >= 4 is 0 Å². The van der Waals surface area contributed by atoms with Gasteiger partial charge in [-0.05, 0) is 37.2 Å². The Hall–Kier alpha value is -0.930. The number of rotatable bonds is 7.